The number of halogens is 1. The first-order valence-electron chi connectivity index (χ1n) is 5.41. The minimum Gasteiger partial charge on any atom is -0.351 e. The first kappa shape index (κ1) is 11.6. The van der Waals surface area contributed by atoms with Crippen molar-refractivity contribution in [3.05, 3.63) is 46.1 Å². The summed E-state index contributed by atoms with van der Waals surface area (Å²) in [6.07, 6.45) is 0. The molecule has 1 aliphatic heterocycles. The Balaban J connectivity index is 1.92. The smallest absolute Gasteiger partial charge is 0.214 e. The standard InChI is InChI=1S/C11H10ClN5S/c12-8-3-1-7(2-4-8)9-6-18-11-15-14-10(5-13)17(11)16-9/h1-4,6,16H,5,13H2/p+1. The summed E-state index contributed by atoms with van der Waals surface area (Å²) in [6.45, 7) is 0.592. The van der Waals surface area contributed by atoms with Gasteiger partial charge in [0.2, 0.25) is 11.0 Å². The van der Waals surface area contributed by atoms with Gasteiger partial charge in [0, 0.05) is 16.0 Å². The minimum absolute atomic E-state index is 0.592. The van der Waals surface area contributed by atoms with Crippen LogP contribution in [0.4, 0.5) is 0 Å². The average Bonchev–Trinajstić information content (AvgIpc) is 2.81. The molecule has 0 bridgehead atoms. The molecule has 0 radical (unpaired) electrons. The highest BCUT2D eigenvalue weighted by atomic mass is 35.5. The van der Waals surface area contributed by atoms with Gasteiger partial charge in [-0.25, -0.2) is 4.68 Å². The van der Waals surface area contributed by atoms with Gasteiger partial charge in [-0.1, -0.05) is 35.5 Å². The van der Waals surface area contributed by atoms with Gasteiger partial charge in [0.25, 0.3) is 0 Å². The first-order valence-corrected chi connectivity index (χ1v) is 6.67. The summed E-state index contributed by atoms with van der Waals surface area (Å²) >= 11 is 7.42. The van der Waals surface area contributed by atoms with Crippen molar-refractivity contribution in [1.29, 1.82) is 0 Å². The Bertz CT molecular complexity index is 604. The SMILES string of the molecule is [NH3+]Cc1nnc2n1NC(c1ccc(Cl)cc1)=CS2. The van der Waals surface area contributed by atoms with E-state index in [0.29, 0.717) is 6.54 Å². The van der Waals surface area contributed by atoms with E-state index in [1.807, 2.05) is 34.3 Å². The fourth-order valence-corrected chi connectivity index (χ4v) is 2.55. The van der Waals surface area contributed by atoms with Gasteiger partial charge in [-0.3, -0.25) is 5.43 Å². The number of fused-ring (bicyclic) bond motifs is 1. The molecule has 0 unspecified atom stereocenters. The molecule has 3 rings (SSSR count). The maximum atomic E-state index is 5.88. The van der Waals surface area contributed by atoms with E-state index in [1.54, 1.807) is 0 Å². The third-order valence-electron chi connectivity index (χ3n) is 2.59. The van der Waals surface area contributed by atoms with Crippen LogP contribution in [0.25, 0.3) is 5.70 Å². The van der Waals surface area contributed by atoms with Gasteiger partial charge in [0.1, 0.15) is 6.54 Å². The molecule has 0 atom stereocenters. The van der Waals surface area contributed by atoms with Crippen LogP contribution in [0.2, 0.25) is 5.02 Å². The van der Waals surface area contributed by atoms with Crippen molar-refractivity contribution >= 4 is 29.1 Å². The van der Waals surface area contributed by atoms with Gasteiger partial charge in [0.05, 0.1) is 5.70 Å². The Labute approximate surface area is 113 Å². The predicted molar refractivity (Wildman–Crippen MR) is 71.3 cm³/mol. The minimum atomic E-state index is 0.592. The Morgan fingerprint density at radius 2 is 2.06 bits per heavy atom. The summed E-state index contributed by atoms with van der Waals surface area (Å²) < 4.78 is 1.86. The normalized spacial score (nSPS) is 13.8. The second kappa shape index (κ2) is 4.64. The van der Waals surface area contributed by atoms with E-state index in [2.05, 4.69) is 21.4 Å². The molecule has 4 N–H and O–H groups in total. The first-order chi connectivity index (χ1) is 8.78. The van der Waals surface area contributed by atoms with Crippen molar-refractivity contribution < 1.29 is 5.73 Å². The number of aromatic nitrogens is 3. The highest BCUT2D eigenvalue weighted by molar-refractivity contribution is 8.02. The lowest BCUT2D eigenvalue weighted by Crippen LogP contribution is -2.49. The van der Waals surface area contributed by atoms with Crippen LogP contribution >= 0.6 is 23.4 Å². The summed E-state index contributed by atoms with van der Waals surface area (Å²) in [5.41, 5.74) is 9.19. The molecule has 1 aliphatic rings. The number of hydrogen-bond donors (Lipinski definition) is 2. The number of nitrogens with zero attached hydrogens (tertiary/aromatic N) is 3. The van der Waals surface area contributed by atoms with E-state index in [9.17, 15) is 0 Å². The molecule has 18 heavy (non-hydrogen) atoms. The second-order valence-electron chi connectivity index (χ2n) is 3.75. The van der Waals surface area contributed by atoms with E-state index in [4.69, 9.17) is 11.6 Å². The van der Waals surface area contributed by atoms with Crippen molar-refractivity contribution in [2.45, 2.75) is 11.7 Å². The molecular formula is C11H11ClN5S+. The maximum absolute atomic E-state index is 5.88. The fraction of sp³-hybridized carbons (Fsp3) is 0.0909. The molecule has 0 aliphatic carbocycles. The number of benzene rings is 1. The Kier molecular flexibility index (Phi) is 2.99. The molecule has 2 aromatic rings. The van der Waals surface area contributed by atoms with Crippen LogP contribution in [0, 0.1) is 0 Å². The summed E-state index contributed by atoms with van der Waals surface area (Å²) in [5, 5.41) is 11.7. The summed E-state index contributed by atoms with van der Waals surface area (Å²) in [7, 11) is 0. The molecule has 7 heteroatoms. The number of hydrogen-bond acceptors (Lipinski definition) is 4. The molecule has 2 heterocycles. The molecular weight excluding hydrogens is 270 g/mol. The second-order valence-corrected chi connectivity index (χ2v) is 5.03. The van der Waals surface area contributed by atoms with Crippen molar-refractivity contribution in [2.24, 2.45) is 0 Å². The van der Waals surface area contributed by atoms with E-state index < -0.39 is 0 Å². The van der Waals surface area contributed by atoms with Crippen LogP contribution in [0.15, 0.2) is 34.8 Å². The largest absolute Gasteiger partial charge is 0.351 e. The molecule has 0 saturated heterocycles. The van der Waals surface area contributed by atoms with Crippen molar-refractivity contribution in [1.82, 2.24) is 14.9 Å². The van der Waals surface area contributed by atoms with Gasteiger partial charge >= 0.3 is 0 Å². The zero-order valence-corrected chi connectivity index (χ0v) is 11.0. The van der Waals surface area contributed by atoms with Crippen molar-refractivity contribution in [3.8, 4) is 0 Å². The molecule has 1 aromatic carbocycles. The van der Waals surface area contributed by atoms with E-state index in [1.165, 1.54) is 11.8 Å². The molecule has 0 amide bonds. The van der Waals surface area contributed by atoms with E-state index >= 15 is 0 Å². The van der Waals surface area contributed by atoms with Crippen LogP contribution in [0.3, 0.4) is 0 Å². The summed E-state index contributed by atoms with van der Waals surface area (Å²) in [5.74, 6) is 0.817. The lowest BCUT2D eigenvalue weighted by Gasteiger charge is -2.18. The Morgan fingerprint density at radius 3 is 2.78 bits per heavy atom. The highest BCUT2D eigenvalue weighted by Gasteiger charge is 2.18. The van der Waals surface area contributed by atoms with Crippen LogP contribution in [-0.4, -0.2) is 14.9 Å². The Hall–Kier alpha value is -1.50. The van der Waals surface area contributed by atoms with Gasteiger partial charge < -0.3 is 5.73 Å². The lowest BCUT2D eigenvalue weighted by atomic mass is 10.2. The fourth-order valence-electron chi connectivity index (χ4n) is 1.67. The maximum Gasteiger partial charge on any atom is 0.214 e. The number of thioether (sulfide) groups is 1. The number of quaternary nitrogens is 1. The lowest BCUT2D eigenvalue weighted by molar-refractivity contribution is -0.388. The number of nitrogens with one attached hydrogen (secondary N) is 1. The molecule has 0 saturated carbocycles. The van der Waals surface area contributed by atoms with Gasteiger partial charge in [-0.2, -0.15) is 0 Å². The van der Waals surface area contributed by atoms with Gasteiger partial charge in [-0.15, -0.1) is 10.2 Å². The zero-order chi connectivity index (χ0) is 12.5. The van der Waals surface area contributed by atoms with E-state index in [0.717, 1.165) is 27.3 Å². The third-order valence-corrected chi connectivity index (χ3v) is 3.67. The van der Waals surface area contributed by atoms with Crippen molar-refractivity contribution in [3.63, 3.8) is 0 Å². The molecule has 0 spiro atoms. The average molecular weight is 281 g/mol. The Morgan fingerprint density at radius 1 is 1.28 bits per heavy atom. The van der Waals surface area contributed by atoms with Crippen LogP contribution in [-0.2, 0) is 6.54 Å². The summed E-state index contributed by atoms with van der Waals surface area (Å²) in [6, 6.07) is 7.68. The number of rotatable bonds is 2. The third kappa shape index (κ3) is 1.98. The monoisotopic (exact) mass is 280 g/mol. The predicted octanol–water partition coefficient (Wildman–Crippen LogP) is 1.32. The van der Waals surface area contributed by atoms with Crippen LogP contribution in [0.1, 0.15) is 11.4 Å². The summed E-state index contributed by atoms with van der Waals surface area (Å²) in [4.78, 5) is 0. The van der Waals surface area contributed by atoms with Crippen molar-refractivity contribution in [2.75, 3.05) is 5.43 Å². The molecule has 92 valence electrons. The molecule has 0 fully saturated rings. The van der Waals surface area contributed by atoms with E-state index in [-0.39, 0.29) is 0 Å². The van der Waals surface area contributed by atoms with Gasteiger partial charge in [0.15, 0.2) is 0 Å². The van der Waals surface area contributed by atoms with Crippen LogP contribution < -0.4 is 11.2 Å². The highest BCUT2D eigenvalue weighted by Crippen LogP contribution is 2.28. The topological polar surface area (TPSA) is 70.4 Å². The molecule has 1 aromatic heterocycles. The van der Waals surface area contributed by atoms with Gasteiger partial charge in [-0.05, 0) is 12.1 Å². The zero-order valence-electron chi connectivity index (χ0n) is 9.43. The van der Waals surface area contributed by atoms with Crippen LogP contribution in [0.5, 0.6) is 0 Å². The quantitative estimate of drug-likeness (QED) is 0.870. The molecule has 5 nitrogen and oxygen atoms in total.